The molecule has 1 N–H and O–H groups in total. The first-order valence-electron chi connectivity index (χ1n) is 13.7. The Morgan fingerprint density at radius 1 is 0.816 bits per heavy atom. The summed E-state index contributed by atoms with van der Waals surface area (Å²) in [6.07, 6.45) is 8.71. The topological polar surface area (TPSA) is 100 Å². The highest BCUT2D eigenvalue weighted by Gasteiger charge is 2.45. The number of unbranched alkanes of at least 4 members (excludes halogenated alkanes) is 5. The smallest absolute Gasteiger partial charge is 0.345 e. The maximum atomic E-state index is 13.8. The van der Waals surface area contributed by atoms with Gasteiger partial charge in [0.15, 0.2) is 5.06 Å². The molecule has 0 aliphatic carbocycles. The van der Waals surface area contributed by atoms with Crippen molar-refractivity contribution in [3.63, 3.8) is 0 Å². The SMILES string of the molecule is CCCCCCCCC(=O)NCC#Cc1ccccc1C=C(P(=O)(OCC)OCC)P(=O)(OCC)OCC. The average Bonchev–Trinajstić information content (AvgIpc) is 2.88. The van der Waals surface area contributed by atoms with Crippen LogP contribution >= 0.6 is 15.2 Å². The van der Waals surface area contributed by atoms with Gasteiger partial charge in [0.2, 0.25) is 5.91 Å². The molecule has 0 saturated heterocycles. The maximum Gasteiger partial charge on any atom is 0.369 e. The van der Waals surface area contributed by atoms with Crippen LogP contribution in [0.25, 0.3) is 6.08 Å². The van der Waals surface area contributed by atoms with Gasteiger partial charge in [-0.1, -0.05) is 69.1 Å². The van der Waals surface area contributed by atoms with E-state index in [0.29, 0.717) is 17.5 Å². The molecule has 0 atom stereocenters. The second-order valence-corrected chi connectivity index (χ2v) is 12.7. The van der Waals surface area contributed by atoms with Crippen molar-refractivity contribution in [1.82, 2.24) is 5.32 Å². The number of nitrogens with one attached hydrogen (secondary N) is 1. The number of carbonyl (C=O) groups excluding carboxylic acids is 1. The van der Waals surface area contributed by atoms with Gasteiger partial charge in [0.25, 0.3) is 0 Å². The maximum absolute atomic E-state index is 13.8. The van der Waals surface area contributed by atoms with E-state index in [4.69, 9.17) is 18.1 Å². The molecule has 0 aromatic heterocycles. The molecule has 0 radical (unpaired) electrons. The Hall–Kier alpha value is -1.71. The Balaban J connectivity index is 3.17. The van der Waals surface area contributed by atoms with Gasteiger partial charge in [-0.05, 0) is 51.8 Å². The zero-order valence-electron chi connectivity index (χ0n) is 23.6. The van der Waals surface area contributed by atoms with E-state index >= 15 is 0 Å². The highest BCUT2D eigenvalue weighted by atomic mass is 31.2. The molecule has 1 aromatic carbocycles. The molecule has 1 aromatic rings. The van der Waals surface area contributed by atoms with E-state index in [1.807, 2.05) is 6.07 Å². The van der Waals surface area contributed by atoms with Crippen molar-refractivity contribution < 1.29 is 32.0 Å². The summed E-state index contributed by atoms with van der Waals surface area (Å²) < 4.78 is 49.7. The summed E-state index contributed by atoms with van der Waals surface area (Å²) in [6, 6.07) is 7.14. The van der Waals surface area contributed by atoms with Crippen LogP contribution in [0.4, 0.5) is 0 Å². The van der Waals surface area contributed by atoms with Gasteiger partial charge < -0.3 is 23.4 Å². The Morgan fingerprint density at radius 3 is 1.89 bits per heavy atom. The van der Waals surface area contributed by atoms with Gasteiger partial charge in [-0.15, -0.1) is 0 Å². The number of carbonyl (C=O) groups is 1. The van der Waals surface area contributed by atoms with Crippen molar-refractivity contribution >= 4 is 27.2 Å². The fourth-order valence-electron chi connectivity index (χ4n) is 3.64. The molecular formula is C28H45NO7P2. The summed E-state index contributed by atoms with van der Waals surface area (Å²) in [5.74, 6) is 5.99. The van der Waals surface area contributed by atoms with Gasteiger partial charge in [0, 0.05) is 12.0 Å². The Morgan fingerprint density at radius 2 is 1.34 bits per heavy atom. The lowest BCUT2D eigenvalue weighted by Crippen LogP contribution is -2.23. The molecule has 1 rings (SSSR count). The summed E-state index contributed by atoms with van der Waals surface area (Å²) >= 11 is 0. The molecule has 0 aliphatic heterocycles. The molecule has 0 heterocycles. The van der Waals surface area contributed by atoms with Crippen LogP contribution < -0.4 is 5.32 Å². The molecule has 0 spiro atoms. The first-order chi connectivity index (χ1) is 18.3. The van der Waals surface area contributed by atoms with Crippen LogP contribution in [0, 0.1) is 11.8 Å². The van der Waals surface area contributed by atoms with Crippen molar-refractivity contribution in [2.24, 2.45) is 0 Å². The third-order valence-electron chi connectivity index (χ3n) is 5.36. The standard InChI is InChI=1S/C28H45NO7P2/c1-6-11-12-13-14-15-22-27(30)29-23-18-21-25-19-16-17-20-26(25)24-28(37(31,33-7-2)34-8-3)38(32,35-9-4)36-10-5/h16-17,19-20,24H,6-15,22-23H2,1-5H3,(H,29,30). The van der Waals surface area contributed by atoms with Crippen molar-refractivity contribution in [3.05, 3.63) is 40.4 Å². The summed E-state index contributed by atoms with van der Waals surface area (Å²) in [4.78, 5) is 12.1. The molecule has 0 fully saturated rings. The zero-order chi connectivity index (χ0) is 28.3. The number of hydrogen-bond acceptors (Lipinski definition) is 7. The second kappa shape index (κ2) is 19.4. The second-order valence-electron chi connectivity index (χ2n) is 8.35. The van der Waals surface area contributed by atoms with Gasteiger partial charge in [0.1, 0.15) is 0 Å². The first-order valence-corrected chi connectivity index (χ1v) is 16.7. The Kier molecular flexibility index (Phi) is 17.5. The molecule has 38 heavy (non-hydrogen) atoms. The summed E-state index contributed by atoms with van der Waals surface area (Å²) in [5, 5.41) is 2.67. The highest BCUT2D eigenvalue weighted by Crippen LogP contribution is 2.74. The monoisotopic (exact) mass is 569 g/mol. The van der Waals surface area contributed by atoms with Crippen LogP contribution in [0.15, 0.2) is 29.3 Å². The first kappa shape index (κ1) is 34.3. The number of hydrogen-bond donors (Lipinski definition) is 1. The Bertz CT molecular complexity index is 978. The largest absolute Gasteiger partial charge is 0.369 e. The molecule has 10 heteroatoms. The van der Waals surface area contributed by atoms with E-state index in [-0.39, 0.29) is 43.9 Å². The van der Waals surface area contributed by atoms with Gasteiger partial charge in [-0.2, -0.15) is 0 Å². The molecule has 8 nitrogen and oxygen atoms in total. The fraction of sp³-hybridized carbons (Fsp3) is 0.607. The lowest BCUT2D eigenvalue weighted by molar-refractivity contribution is -0.120. The fourth-order valence-corrected chi connectivity index (χ4v) is 8.16. The third-order valence-corrected chi connectivity index (χ3v) is 10.6. The molecule has 214 valence electrons. The van der Waals surface area contributed by atoms with Crippen LogP contribution in [0.3, 0.4) is 0 Å². The lowest BCUT2D eigenvalue weighted by atomic mass is 10.1. The van der Waals surface area contributed by atoms with Crippen molar-refractivity contribution in [2.75, 3.05) is 33.0 Å². The van der Waals surface area contributed by atoms with E-state index in [9.17, 15) is 13.9 Å². The van der Waals surface area contributed by atoms with E-state index in [1.54, 1.807) is 45.9 Å². The minimum Gasteiger partial charge on any atom is -0.345 e. The van der Waals surface area contributed by atoms with Crippen LogP contribution in [-0.4, -0.2) is 38.9 Å². The van der Waals surface area contributed by atoms with E-state index in [1.165, 1.54) is 25.3 Å². The van der Waals surface area contributed by atoms with E-state index in [0.717, 1.165) is 19.3 Å². The number of benzene rings is 1. The molecule has 0 saturated carbocycles. The normalized spacial score (nSPS) is 11.5. The van der Waals surface area contributed by atoms with Crippen LogP contribution in [-0.2, 0) is 32.0 Å². The molecule has 0 bridgehead atoms. The molecule has 0 aliphatic rings. The molecular weight excluding hydrogens is 524 g/mol. The van der Waals surface area contributed by atoms with E-state index < -0.39 is 15.2 Å². The summed E-state index contributed by atoms with van der Waals surface area (Å²) in [5.41, 5.74) is 1.14. The minimum absolute atomic E-state index is 0.0195. The predicted molar refractivity (Wildman–Crippen MR) is 154 cm³/mol. The lowest BCUT2D eigenvalue weighted by Gasteiger charge is -2.26. The zero-order valence-corrected chi connectivity index (χ0v) is 25.4. The third kappa shape index (κ3) is 12.0. The summed E-state index contributed by atoms with van der Waals surface area (Å²) in [6.45, 7) is 9.39. The number of rotatable bonds is 19. The van der Waals surface area contributed by atoms with Gasteiger partial charge >= 0.3 is 15.2 Å². The van der Waals surface area contributed by atoms with Gasteiger partial charge in [0.05, 0.1) is 33.0 Å². The Labute approximate surface area is 229 Å². The van der Waals surface area contributed by atoms with Gasteiger partial charge in [-0.25, -0.2) is 0 Å². The number of amides is 1. The molecule has 1 amide bonds. The van der Waals surface area contributed by atoms with Crippen LogP contribution in [0.5, 0.6) is 0 Å². The van der Waals surface area contributed by atoms with Crippen LogP contribution in [0.1, 0.15) is 90.7 Å². The van der Waals surface area contributed by atoms with Gasteiger partial charge in [-0.3, -0.25) is 13.9 Å². The minimum atomic E-state index is -4.02. The van der Waals surface area contributed by atoms with Crippen molar-refractivity contribution in [1.29, 1.82) is 0 Å². The van der Waals surface area contributed by atoms with E-state index in [2.05, 4.69) is 24.1 Å². The van der Waals surface area contributed by atoms with Crippen molar-refractivity contribution in [3.8, 4) is 11.8 Å². The molecule has 0 unspecified atom stereocenters. The van der Waals surface area contributed by atoms with Crippen LogP contribution in [0.2, 0.25) is 0 Å². The quantitative estimate of drug-likeness (QED) is 0.103. The summed E-state index contributed by atoms with van der Waals surface area (Å²) in [7, 11) is -8.04. The highest BCUT2D eigenvalue weighted by molar-refractivity contribution is 7.79. The predicted octanol–water partition coefficient (Wildman–Crippen LogP) is 7.74. The van der Waals surface area contributed by atoms with Crippen molar-refractivity contribution in [2.45, 2.75) is 79.6 Å². The average molecular weight is 570 g/mol.